The number of hydrogen-bond donors (Lipinski definition) is 0. The Kier molecular flexibility index (Phi) is 3.95. The molecule has 0 atom stereocenters. The van der Waals surface area contributed by atoms with Gasteiger partial charge in [0, 0.05) is 23.0 Å². The van der Waals surface area contributed by atoms with E-state index in [1.807, 2.05) is 6.92 Å². The lowest BCUT2D eigenvalue weighted by Crippen LogP contribution is -2.13. The van der Waals surface area contributed by atoms with Crippen molar-refractivity contribution in [3.8, 4) is 5.75 Å². The Labute approximate surface area is 110 Å². The first kappa shape index (κ1) is 12.6. The monoisotopic (exact) mass is 261 g/mol. The Morgan fingerprint density at radius 2 is 2.22 bits per heavy atom. The quantitative estimate of drug-likeness (QED) is 0.793. The number of rotatable bonds is 4. The Bertz CT molecular complexity index is 569. The molecule has 18 heavy (non-hydrogen) atoms. The van der Waals surface area contributed by atoms with Crippen LogP contribution in [0.3, 0.4) is 0 Å². The number of halogens is 1. The standard InChI is InChI=1S/C14H12ClNO2/c1-10-5-6-16-8-13(10)14(17)9-18-12-4-2-3-11(15)7-12/h2-8H,9H2,1H3. The highest BCUT2D eigenvalue weighted by atomic mass is 35.5. The van der Waals surface area contributed by atoms with E-state index in [0.717, 1.165) is 5.56 Å². The maximum Gasteiger partial charge on any atom is 0.202 e. The van der Waals surface area contributed by atoms with Gasteiger partial charge in [-0.05, 0) is 36.8 Å². The zero-order chi connectivity index (χ0) is 13.0. The third-order valence-corrected chi connectivity index (χ3v) is 2.74. The van der Waals surface area contributed by atoms with Crippen LogP contribution in [0.1, 0.15) is 15.9 Å². The fraction of sp³-hybridized carbons (Fsp3) is 0.143. The van der Waals surface area contributed by atoms with Gasteiger partial charge < -0.3 is 4.74 Å². The number of hydrogen-bond acceptors (Lipinski definition) is 3. The van der Waals surface area contributed by atoms with Crippen LogP contribution in [0.4, 0.5) is 0 Å². The van der Waals surface area contributed by atoms with E-state index in [-0.39, 0.29) is 12.4 Å². The van der Waals surface area contributed by atoms with E-state index < -0.39 is 0 Å². The van der Waals surface area contributed by atoms with E-state index in [4.69, 9.17) is 16.3 Å². The van der Waals surface area contributed by atoms with Crippen LogP contribution < -0.4 is 4.74 Å². The van der Waals surface area contributed by atoms with Crippen LogP contribution in [0.2, 0.25) is 5.02 Å². The van der Waals surface area contributed by atoms with Gasteiger partial charge in [-0.2, -0.15) is 0 Å². The van der Waals surface area contributed by atoms with E-state index in [0.29, 0.717) is 16.3 Å². The van der Waals surface area contributed by atoms with Crippen molar-refractivity contribution >= 4 is 17.4 Å². The van der Waals surface area contributed by atoms with Crippen LogP contribution >= 0.6 is 11.6 Å². The molecule has 0 aliphatic rings. The van der Waals surface area contributed by atoms with Crippen molar-refractivity contribution in [2.75, 3.05) is 6.61 Å². The average molecular weight is 262 g/mol. The lowest BCUT2D eigenvalue weighted by molar-refractivity contribution is 0.0920. The zero-order valence-corrected chi connectivity index (χ0v) is 10.6. The van der Waals surface area contributed by atoms with Gasteiger partial charge in [0.2, 0.25) is 5.78 Å². The second-order valence-electron chi connectivity index (χ2n) is 3.86. The lowest BCUT2D eigenvalue weighted by atomic mass is 10.1. The molecule has 0 spiro atoms. The summed E-state index contributed by atoms with van der Waals surface area (Å²) in [4.78, 5) is 15.9. The highest BCUT2D eigenvalue weighted by Crippen LogP contribution is 2.17. The number of carbonyl (C=O) groups is 1. The van der Waals surface area contributed by atoms with Gasteiger partial charge in [0.15, 0.2) is 6.61 Å². The largest absolute Gasteiger partial charge is 0.485 e. The Morgan fingerprint density at radius 1 is 1.39 bits per heavy atom. The van der Waals surface area contributed by atoms with E-state index in [9.17, 15) is 4.79 Å². The first-order valence-electron chi connectivity index (χ1n) is 5.49. The van der Waals surface area contributed by atoms with Crippen LogP contribution in [-0.2, 0) is 0 Å². The number of nitrogens with zero attached hydrogens (tertiary/aromatic N) is 1. The number of Topliss-reactive ketones (excluding diaryl/α,β-unsaturated/α-hetero) is 1. The maximum atomic E-state index is 11.9. The van der Waals surface area contributed by atoms with Gasteiger partial charge in [-0.3, -0.25) is 9.78 Å². The van der Waals surface area contributed by atoms with Crippen molar-refractivity contribution < 1.29 is 9.53 Å². The highest BCUT2D eigenvalue weighted by molar-refractivity contribution is 6.30. The predicted molar refractivity (Wildman–Crippen MR) is 70.3 cm³/mol. The first-order valence-corrected chi connectivity index (χ1v) is 5.87. The van der Waals surface area contributed by atoms with E-state index in [1.165, 1.54) is 0 Å². The van der Waals surface area contributed by atoms with Crippen molar-refractivity contribution in [3.05, 3.63) is 58.9 Å². The first-order chi connectivity index (χ1) is 8.66. The molecular weight excluding hydrogens is 250 g/mol. The molecule has 0 saturated heterocycles. The van der Waals surface area contributed by atoms with Gasteiger partial charge in [-0.1, -0.05) is 17.7 Å². The van der Waals surface area contributed by atoms with Gasteiger partial charge >= 0.3 is 0 Å². The van der Waals surface area contributed by atoms with Crippen molar-refractivity contribution in [1.29, 1.82) is 0 Å². The molecule has 0 bridgehead atoms. The summed E-state index contributed by atoms with van der Waals surface area (Å²) >= 11 is 5.83. The smallest absolute Gasteiger partial charge is 0.202 e. The van der Waals surface area contributed by atoms with E-state index >= 15 is 0 Å². The maximum absolute atomic E-state index is 11.9. The third-order valence-electron chi connectivity index (χ3n) is 2.51. The van der Waals surface area contributed by atoms with Gasteiger partial charge in [0.1, 0.15) is 5.75 Å². The number of aryl methyl sites for hydroxylation is 1. The Balaban J connectivity index is 2.03. The molecule has 0 amide bonds. The fourth-order valence-electron chi connectivity index (χ4n) is 1.54. The average Bonchev–Trinajstić information content (AvgIpc) is 2.37. The van der Waals surface area contributed by atoms with Gasteiger partial charge in [-0.15, -0.1) is 0 Å². The number of benzene rings is 1. The summed E-state index contributed by atoms with van der Waals surface area (Å²) < 4.78 is 5.40. The molecule has 4 heteroatoms. The number of carbonyl (C=O) groups excluding carboxylic acids is 1. The van der Waals surface area contributed by atoms with Gasteiger partial charge in [-0.25, -0.2) is 0 Å². The molecule has 92 valence electrons. The van der Waals surface area contributed by atoms with Crippen LogP contribution in [0.5, 0.6) is 5.75 Å². The van der Waals surface area contributed by atoms with Crippen molar-refractivity contribution in [2.45, 2.75) is 6.92 Å². The van der Waals surface area contributed by atoms with Gasteiger partial charge in [0.25, 0.3) is 0 Å². The summed E-state index contributed by atoms with van der Waals surface area (Å²) in [6.07, 6.45) is 3.21. The molecule has 0 N–H and O–H groups in total. The van der Waals surface area contributed by atoms with E-state index in [1.54, 1.807) is 42.7 Å². The Morgan fingerprint density at radius 3 is 2.94 bits per heavy atom. The summed E-state index contributed by atoms with van der Waals surface area (Å²) in [6, 6.07) is 8.76. The second kappa shape index (κ2) is 5.65. The molecule has 0 unspecified atom stereocenters. The Hall–Kier alpha value is -1.87. The zero-order valence-electron chi connectivity index (χ0n) is 9.89. The van der Waals surface area contributed by atoms with Crippen molar-refractivity contribution in [2.24, 2.45) is 0 Å². The highest BCUT2D eigenvalue weighted by Gasteiger charge is 2.09. The normalized spacial score (nSPS) is 10.1. The lowest BCUT2D eigenvalue weighted by Gasteiger charge is -2.07. The topological polar surface area (TPSA) is 39.2 Å². The molecule has 0 aliphatic heterocycles. The van der Waals surface area contributed by atoms with Crippen LogP contribution in [0.25, 0.3) is 0 Å². The molecule has 0 aliphatic carbocycles. The van der Waals surface area contributed by atoms with E-state index in [2.05, 4.69) is 4.98 Å². The molecule has 0 fully saturated rings. The molecule has 1 aromatic carbocycles. The number of pyridine rings is 1. The van der Waals surface area contributed by atoms with Crippen LogP contribution in [-0.4, -0.2) is 17.4 Å². The molecule has 0 saturated carbocycles. The minimum atomic E-state index is -0.0967. The van der Waals surface area contributed by atoms with Gasteiger partial charge in [0.05, 0.1) is 0 Å². The van der Waals surface area contributed by atoms with Crippen molar-refractivity contribution in [3.63, 3.8) is 0 Å². The summed E-state index contributed by atoms with van der Waals surface area (Å²) in [5.74, 6) is 0.484. The minimum absolute atomic E-state index is 0.0210. The molecule has 1 heterocycles. The number of ether oxygens (including phenoxy) is 1. The number of ketones is 1. The predicted octanol–water partition coefficient (Wildman–Crippen LogP) is 3.31. The van der Waals surface area contributed by atoms with Crippen LogP contribution in [0, 0.1) is 6.92 Å². The second-order valence-corrected chi connectivity index (χ2v) is 4.30. The molecule has 1 aromatic heterocycles. The summed E-state index contributed by atoms with van der Waals surface area (Å²) in [5, 5.41) is 0.581. The molecule has 2 aromatic rings. The summed E-state index contributed by atoms with van der Waals surface area (Å²) in [7, 11) is 0. The minimum Gasteiger partial charge on any atom is -0.485 e. The van der Waals surface area contributed by atoms with Crippen molar-refractivity contribution in [1.82, 2.24) is 4.98 Å². The molecule has 2 rings (SSSR count). The SMILES string of the molecule is Cc1ccncc1C(=O)COc1cccc(Cl)c1. The summed E-state index contributed by atoms with van der Waals surface area (Å²) in [5.41, 5.74) is 1.48. The molecule has 0 radical (unpaired) electrons. The molecule has 3 nitrogen and oxygen atoms in total. The number of aromatic nitrogens is 1. The summed E-state index contributed by atoms with van der Waals surface area (Å²) in [6.45, 7) is 1.85. The van der Waals surface area contributed by atoms with Crippen LogP contribution in [0.15, 0.2) is 42.7 Å². The fourth-order valence-corrected chi connectivity index (χ4v) is 1.72. The third kappa shape index (κ3) is 3.08. The molecular formula is C14H12ClNO2.